The molecule has 3 aromatic rings. The van der Waals surface area contributed by atoms with Gasteiger partial charge >= 0.3 is 6.03 Å². The van der Waals surface area contributed by atoms with Gasteiger partial charge in [0.2, 0.25) is 0 Å². The van der Waals surface area contributed by atoms with Crippen molar-refractivity contribution in [3.8, 4) is 22.8 Å². The van der Waals surface area contributed by atoms with Crippen molar-refractivity contribution < 1.29 is 18.7 Å². The summed E-state index contributed by atoms with van der Waals surface area (Å²) in [6.45, 7) is 0.292. The summed E-state index contributed by atoms with van der Waals surface area (Å²) in [6.07, 6.45) is 0. The van der Waals surface area contributed by atoms with Crippen LogP contribution >= 0.6 is 11.3 Å². The first-order valence-corrected chi connectivity index (χ1v) is 8.94. The summed E-state index contributed by atoms with van der Waals surface area (Å²) >= 11 is 1.32. The maximum atomic E-state index is 12.9. The molecule has 2 N–H and O–H groups in total. The molecule has 0 radical (unpaired) electrons. The van der Waals surface area contributed by atoms with E-state index in [1.54, 1.807) is 32.4 Å². The molecule has 6 nitrogen and oxygen atoms in total. The first-order valence-electron chi connectivity index (χ1n) is 8.06. The molecule has 2 amide bonds. The number of urea groups is 1. The molecule has 3 rings (SSSR count). The van der Waals surface area contributed by atoms with Crippen LogP contribution in [-0.4, -0.2) is 25.2 Å². The molecular formula is C19H18FN3O3S. The van der Waals surface area contributed by atoms with Gasteiger partial charge in [-0.1, -0.05) is 12.1 Å². The Morgan fingerprint density at radius 2 is 1.85 bits per heavy atom. The highest BCUT2D eigenvalue weighted by molar-refractivity contribution is 7.14. The summed E-state index contributed by atoms with van der Waals surface area (Å²) < 4.78 is 23.4. The second-order valence-electron chi connectivity index (χ2n) is 5.54. The average Bonchev–Trinajstić information content (AvgIpc) is 3.15. The molecule has 0 unspecified atom stereocenters. The van der Waals surface area contributed by atoms with Crippen molar-refractivity contribution in [3.63, 3.8) is 0 Å². The van der Waals surface area contributed by atoms with Crippen LogP contribution in [0.5, 0.6) is 11.5 Å². The fourth-order valence-corrected chi connectivity index (χ4v) is 3.10. The largest absolute Gasteiger partial charge is 0.493 e. The zero-order valence-corrected chi connectivity index (χ0v) is 15.6. The summed E-state index contributed by atoms with van der Waals surface area (Å²) in [5.74, 6) is 0.929. The van der Waals surface area contributed by atoms with E-state index in [2.05, 4.69) is 15.6 Å². The second-order valence-corrected chi connectivity index (χ2v) is 6.40. The molecule has 27 heavy (non-hydrogen) atoms. The molecule has 0 atom stereocenters. The second kappa shape index (κ2) is 8.50. The van der Waals surface area contributed by atoms with Crippen molar-refractivity contribution >= 4 is 22.5 Å². The Morgan fingerprint density at radius 1 is 1.11 bits per heavy atom. The summed E-state index contributed by atoms with van der Waals surface area (Å²) in [5, 5.41) is 7.71. The van der Waals surface area contributed by atoms with E-state index in [9.17, 15) is 9.18 Å². The van der Waals surface area contributed by atoms with Crippen LogP contribution in [0.15, 0.2) is 47.8 Å². The van der Waals surface area contributed by atoms with Crippen LogP contribution < -0.4 is 20.1 Å². The number of benzene rings is 2. The molecule has 1 aromatic heterocycles. The highest BCUT2D eigenvalue weighted by Crippen LogP contribution is 2.33. The molecule has 0 spiro atoms. The monoisotopic (exact) mass is 387 g/mol. The van der Waals surface area contributed by atoms with E-state index in [0.29, 0.717) is 23.2 Å². The van der Waals surface area contributed by atoms with Gasteiger partial charge in [0, 0.05) is 17.5 Å². The topological polar surface area (TPSA) is 72.5 Å². The maximum absolute atomic E-state index is 12.9. The standard InChI is InChI=1S/C19H18FN3O3S/c1-25-16-8-5-13(9-17(16)26-2)15-11-27-19(22-15)23-18(24)21-10-12-3-6-14(20)7-4-12/h3-9,11H,10H2,1-2H3,(H2,21,22,23,24). The van der Waals surface area contributed by atoms with Crippen LogP contribution in [0.2, 0.25) is 0 Å². The van der Waals surface area contributed by atoms with Crippen molar-refractivity contribution in [3.05, 3.63) is 59.2 Å². The molecule has 0 saturated heterocycles. The Hall–Kier alpha value is -3.13. The first-order chi connectivity index (χ1) is 13.1. The molecule has 0 aliphatic carbocycles. The quantitative estimate of drug-likeness (QED) is 0.662. The number of ether oxygens (including phenoxy) is 2. The number of thiazole rings is 1. The highest BCUT2D eigenvalue weighted by atomic mass is 32.1. The van der Waals surface area contributed by atoms with Crippen LogP contribution in [0.4, 0.5) is 14.3 Å². The third-order valence-electron chi connectivity index (χ3n) is 3.77. The van der Waals surface area contributed by atoms with Crippen LogP contribution in [-0.2, 0) is 6.54 Å². The molecule has 2 aromatic carbocycles. The molecule has 0 saturated carbocycles. The number of aromatic nitrogens is 1. The van der Waals surface area contributed by atoms with Gasteiger partial charge in [-0.25, -0.2) is 14.2 Å². The van der Waals surface area contributed by atoms with E-state index in [-0.39, 0.29) is 11.8 Å². The zero-order valence-electron chi connectivity index (χ0n) is 14.8. The molecule has 0 aliphatic rings. The van der Waals surface area contributed by atoms with Gasteiger partial charge in [-0.3, -0.25) is 5.32 Å². The molecule has 1 heterocycles. The van der Waals surface area contributed by atoms with E-state index in [1.807, 2.05) is 17.5 Å². The van der Waals surface area contributed by atoms with Crippen molar-refractivity contribution in [2.45, 2.75) is 6.54 Å². The number of methoxy groups -OCH3 is 2. The fraction of sp³-hybridized carbons (Fsp3) is 0.158. The number of nitrogens with one attached hydrogen (secondary N) is 2. The number of hydrogen-bond donors (Lipinski definition) is 2. The van der Waals surface area contributed by atoms with Crippen LogP contribution in [0, 0.1) is 5.82 Å². The molecular weight excluding hydrogens is 369 g/mol. The summed E-state index contributed by atoms with van der Waals surface area (Å²) in [7, 11) is 3.15. The predicted octanol–water partition coefficient (Wildman–Crippen LogP) is 4.29. The number of nitrogens with zero attached hydrogens (tertiary/aromatic N) is 1. The van der Waals surface area contributed by atoms with Gasteiger partial charge in [0.1, 0.15) is 5.82 Å². The number of rotatable bonds is 6. The van der Waals surface area contributed by atoms with Gasteiger partial charge in [-0.05, 0) is 35.9 Å². The minimum absolute atomic E-state index is 0.292. The van der Waals surface area contributed by atoms with E-state index in [4.69, 9.17) is 9.47 Å². The number of halogens is 1. The minimum Gasteiger partial charge on any atom is -0.493 e. The number of carbonyl (C=O) groups is 1. The Morgan fingerprint density at radius 3 is 2.56 bits per heavy atom. The van der Waals surface area contributed by atoms with Crippen LogP contribution in [0.25, 0.3) is 11.3 Å². The third kappa shape index (κ3) is 4.73. The minimum atomic E-state index is -0.382. The van der Waals surface area contributed by atoms with E-state index in [0.717, 1.165) is 16.8 Å². The lowest BCUT2D eigenvalue weighted by Crippen LogP contribution is -2.28. The lowest BCUT2D eigenvalue weighted by molar-refractivity contribution is 0.251. The molecule has 0 fully saturated rings. The lowest BCUT2D eigenvalue weighted by Gasteiger charge is -2.08. The van der Waals surface area contributed by atoms with Crippen molar-refractivity contribution in [1.29, 1.82) is 0 Å². The zero-order chi connectivity index (χ0) is 19.2. The van der Waals surface area contributed by atoms with Gasteiger partial charge in [0.05, 0.1) is 19.9 Å². The molecule has 0 bridgehead atoms. The summed E-state index contributed by atoms with van der Waals surface area (Å²) in [5.41, 5.74) is 2.37. The Kier molecular flexibility index (Phi) is 5.87. The maximum Gasteiger partial charge on any atom is 0.321 e. The molecule has 8 heteroatoms. The number of carbonyl (C=O) groups excluding carboxylic acids is 1. The van der Waals surface area contributed by atoms with Gasteiger partial charge in [0.25, 0.3) is 0 Å². The summed E-state index contributed by atoms with van der Waals surface area (Å²) in [6, 6.07) is 11.1. The van der Waals surface area contributed by atoms with Crippen LogP contribution in [0.1, 0.15) is 5.56 Å². The summed E-state index contributed by atoms with van der Waals surface area (Å²) in [4.78, 5) is 16.4. The lowest BCUT2D eigenvalue weighted by atomic mass is 10.1. The molecule has 0 aliphatic heterocycles. The normalized spacial score (nSPS) is 10.3. The number of amides is 2. The Balaban J connectivity index is 1.62. The van der Waals surface area contributed by atoms with Crippen molar-refractivity contribution in [2.24, 2.45) is 0 Å². The Labute approximate surface area is 160 Å². The van der Waals surface area contributed by atoms with E-state index in [1.165, 1.54) is 23.5 Å². The van der Waals surface area contributed by atoms with Crippen molar-refractivity contribution in [1.82, 2.24) is 10.3 Å². The van der Waals surface area contributed by atoms with Gasteiger partial charge in [-0.2, -0.15) is 0 Å². The fourth-order valence-electron chi connectivity index (χ4n) is 2.39. The third-order valence-corrected chi connectivity index (χ3v) is 4.53. The van der Waals surface area contributed by atoms with Gasteiger partial charge < -0.3 is 14.8 Å². The first kappa shape index (κ1) is 18.7. The average molecular weight is 387 g/mol. The van der Waals surface area contributed by atoms with Crippen molar-refractivity contribution in [2.75, 3.05) is 19.5 Å². The van der Waals surface area contributed by atoms with Gasteiger partial charge in [-0.15, -0.1) is 11.3 Å². The number of hydrogen-bond acceptors (Lipinski definition) is 5. The molecule has 140 valence electrons. The van der Waals surface area contributed by atoms with E-state index < -0.39 is 0 Å². The smallest absolute Gasteiger partial charge is 0.321 e. The highest BCUT2D eigenvalue weighted by Gasteiger charge is 2.11. The number of anilines is 1. The SMILES string of the molecule is COc1ccc(-c2csc(NC(=O)NCc3ccc(F)cc3)n2)cc1OC. The van der Waals surface area contributed by atoms with Gasteiger partial charge in [0.15, 0.2) is 16.6 Å². The predicted molar refractivity (Wildman–Crippen MR) is 103 cm³/mol. The van der Waals surface area contributed by atoms with E-state index >= 15 is 0 Å². The van der Waals surface area contributed by atoms with Crippen LogP contribution in [0.3, 0.4) is 0 Å². The Bertz CT molecular complexity index is 928.